The van der Waals surface area contributed by atoms with Crippen molar-refractivity contribution in [2.75, 3.05) is 26.2 Å². The van der Waals surface area contributed by atoms with E-state index in [2.05, 4.69) is 5.32 Å². The molecule has 1 atom stereocenters. The van der Waals surface area contributed by atoms with Crippen molar-refractivity contribution in [3.8, 4) is 5.75 Å². The number of nitrogens with one attached hydrogen (secondary N) is 1. The Morgan fingerprint density at radius 1 is 1.19 bits per heavy atom. The monoisotopic (exact) mass is 456 g/mol. The van der Waals surface area contributed by atoms with Gasteiger partial charge in [-0.15, -0.1) is 0 Å². The molecule has 0 spiro atoms. The van der Waals surface area contributed by atoms with E-state index in [4.69, 9.17) is 9.47 Å². The van der Waals surface area contributed by atoms with Crippen LogP contribution in [0.5, 0.6) is 5.75 Å². The molecular formula is C21H20F4N2O5. The van der Waals surface area contributed by atoms with Crippen LogP contribution in [0.15, 0.2) is 42.5 Å². The maximum atomic E-state index is 13.9. The van der Waals surface area contributed by atoms with Crippen molar-refractivity contribution in [2.24, 2.45) is 0 Å². The summed E-state index contributed by atoms with van der Waals surface area (Å²) in [6.45, 7) is 0.0733. The lowest BCUT2D eigenvalue weighted by atomic mass is 10.1. The minimum absolute atomic E-state index is 0.0301. The minimum atomic E-state index is -4.67. The summed E-state index contributed by atoms with van der Waals surface area (Å²) in [4.78, 5) is 25.7. The Balaban J connectivity index is 1.49. The number of ether oxygens (including phenoxy) is 2. The summed E-state index contributed by atoms with van der Waals surface area (Å²) < 4.78 is 62.3. The summed E-state index contributed by atoms with van der Waals surface area (Å²) >= 11 is 0. The van der Waals surface area contributed by atoms with Crippen molar-refractivity contribution in [2.45, 2.75) is 18.9 Å². The number of amides is 2. The SMILES string of the molecule is O=C(NCC1CN(C(=O)OCc2ccc(C(F)(F)F)cc2F)CCO1)c1ccc(O)cc1. The van der Waals surface area contributed by atoms with Crippen molar-refractivity contribution < 1.29 is 41.7 Å². The zero-order valence-corrected chi connectivity index (χ0v) is 16.7. The van der Waals surface area contributed by atoms with E-state index in [0.717, 1.165) is 6.07 Å². The van der Waals surface area contributed by atoms with Gasteiger partial charge in [0.2, 0.25) is 0 Å². The number of carbonyl (C=O) groups is 2. The Bertz CT molecular complexity index is 966. The summed E-state index contributed by atoms with van der Waals surface area (Å²) in [5.41, 5.74) is -0.971. The predicted octanol–water partition coefficient (Wildman–Crippen LogP) is 3.32. The van der Waals surface area contributed by atoms with E-state index in [-0.39, 0.29) is 43.5 Å². The molecule has 2 amide bonds. The molecule has 1 unspecified atom stereocenters. The van der Waals surface area contributed by atoms with Gasteiger partial charge in [0.15, 0.2) is 0 Å². The summed E-state index contributed by atoms with van der Waals surface area (Å²) in [7, 11) is 0. The first-order valence-electron chi connectivity index (χ1n) is 9.59. The van der Waals surface area contributed by atoms with Gasteiger partial charge in [0, 0.05) is 24.2 Å². The highest BCUT2D eigenvalue weighted by Gasteiger charge is 2.31. The van der Waals surface area contributed by atoms with E-state index < -0.39 is 36.4 Å². The number of phenolic OH excluding ortho intramolecular Hbond substituents is 1. The van der Waals surface area contributed by atoms with Gasteiger partial charge in [-0.05, 0) is 36.4 Å². The first kappa shape index (κ1) is 23.3. The smallest absolute Gasteiger partial charge is 0.416 e. The molecule has 2 aromatic rings. The Morgan fingerprint density at radius 3 is 2.56 bits per heavy atom. The quantitative estimate of drug-likeness (QED) is 0.674. The van der Waals surface area contributed by atoms with Crippen molar-refractivity contribution in [3.05, 3.63) is 65.0 Å². The van der Waals surface area contributed by atoms with Crippen LogP contribution in [0.4, 0.5) is 22.4 Å². The van der Waals surface area contributed by atoms with E-state index in [1.807, 2.05) is 0 Å². The molecule has 0 saturated carbocycles. The maximum absolute atomic E-state index is 13.9. The fourth-order valence-electron chi connectivity index (χ4n) is 3.00. The average molecular weight is 456 g/mol. The van der Waals surface area contributed by atoms with Gasteiger partial charge in [-0.1, -0.05) is 6.07 Å². The van der Waals surface area contributed by atoms with E-state index >= 15 is 0 Å². The van der Waals surface area contributed by atoms with Gasteiger partial charge in [0.25, 0.3) is 5.91 Å². The molecular weight excluding hydrogens is 436 g/mol. The first-order chi connectivity index (χ1) is 15.1. The topological polar surface area (TPSA) is 88.1 Å². The molecule has 2 N–H and O–H groups in total. The van der Waals surface area contributed by atoms with E-state index in [1.54, 1.807) is 0 Å². The molecule has 1 saturated heterocycles. The maximum Gasteiger partial charge on any atom is 0.416 e. The van der Waals surface area contributed by atoms with Gasteiger partial charge < -0.3 is 24.8 Å². The van der Waals surface area contributed by atoms with Gasteiger partial charge in [0.05, 0.1) is 24.8 Å². The summed E-state index contributed by atoms with van der Waals surface area (Å²) in [6, 6.07) is 7.66. The molecule has 0 radical (unpaired) electrons. The molecule has 2 aromatic carbocycles. The Kier molecular flexibility index (Phi) is 7.18. The Morgan fingerprint density at radius 2 is 1.91 bits per heavy atom. The van der Waals surface area contributed by atoms with Crippen LogP contribution in [-0.2, 0) is 22.3 Å². The van der Waals surface area contributed by atoms with Gasteiger partial charge >= 0.3 is 12.3 Å². The number of benzene rings is 2. The lowest BCUT2D eigenvalue weighted by Gasteiger charge is -2.32. The molecule has 0 aliphatic carbocycles. The lowest BCUT2D eigenvalue weighted by molar-refractivity contribution is -0.137. The predicted molar refractivity (Wildman–Crippen MR) is 103 cm³/mol. The normalized spacial score (nSPS) is 16.5. The van der Waals surface area contributed by atoms with Crippen LogP contribution < -0.4 is 5.32 Å². The zero-order chi connectivity index (χ0) is 23.3. The summed E-state index contributed by atoms with van der Waals surface area (Å²) in [5, 5.41) is 11.9. The molecule has 172 valence electrons. The highest BCUT2D eigenvalue weighted by molar-refractivity contribution is 5.94. The third-order valence-electron chi connectivity index (χ3n) is 4.75. The molecule has 32 heavy (non-hydrogen) atoms. The fourth-order valence-corrected chi connectivity index (χ4v) is 3.00. The number of nitrogens with zero attached hydrogens (tertiary/aromatic N) is 1. The molecule has 0 bridgehead atoms. The van der Waals surface area contributed by atoms with Crippen LogP contribution in [0, 0.1) is 5.82 Å². The van der Waals surface area contributed by atoms with Crippen LogP contribution in [-0.4, -0.2) is 54.4 Å². The third-order valence-corrected chi connectivity index (χ3v) is 4.75. The van der Waals surface area contributed by atoms with E-state index in [9.17, 15) is 32.3 Å². The summed E-state index contributed by atoms with van der Waals surface area (Å²) in [5.74, 6) is -1.47. The number of morpholine rings is 1. The largest absolute Gasteiger partial charge is 0.508 e. The third kappa shape index (κ3) is 6.10. The van der Waals surface area contributed by atoms with Crippen LogP contribution >= 0.6 is 0 Å². The molecule has 11 heteroatoms. The van der Waals surface area contributed by atoms with Crippen molar-refractivity contribution in [1.29, 1.82) is 0 Å². The minimum Gasteiger partial charge on any atom is -0.508 e. The molecule has 1 fully saturated rings. The number of carbonyl (C=O) groups excluding carboxylic acids is 2. The number of halogens is 4. The standard InChI is InChI=1S/C21H20F4N2O5/c22-18-9-15(21(23,24)25)4-1-14(18)12-32-20(30)27-7-8-31-17(11-27)10-26-19(29)13-2-5-16(28)6-3-13/h1-6,9,17,28H,7-8,10-12H2,(H,26,29). The molecule has 1 aliphatic heterocycles. The molecule has 3 rings (SSSR count). The number of alkyl halides is 3. The molecule has 0 aromatic heterocycles. The Labute approximate surface area is 180 Å². The zero-order valence-electron chi connectivity index (χ0n) is 16.7. The van der Waals surface area contributed by atoms with Crippen LogP contribution in [0.3, 0.4) is 0 Å². The van der Waals surface area contributed by atoms with Crippen LogP contribution in [0.25, 0.3) is 0 Å². The fraction of sp³-hybridized carbons (Fsp3) is 0.333. The van der Waals surface area contributed by atoms with Crippen molar-refractivity contribution in [3.63, 3.8) is 0 Å². The first-order valence-corrected chi connectivity index (χ1v) is 9.59. The lowest BCUT2D eigenvalue weighted by Crippen LogP contribution is -2.49. The molecule has 1 heterocycles. The number of aromatic hydroxyl groups is 1. The highest BCUT2D eigenvalue weighted by Crippen LogP contribution is 2.30. The van der Waals surface area contributed by atoms with Crippen molar-refractivity contribution in [1.82, 2.24) is 10.2 Å². The van der Waals surface area contributed by atoms with E-state index in [0.29, 0.717) is 17.7 Å². The van der Waals surface area contributed by atoms with Gasteiger partial charge in [-0.3, -0.25) is 4.79 Å². The van der Waals surface area contributed by atoms with Gasteiger partial charge in [-0.25, -0.2) is 9.18 Å². The summed E-state index contributed by atoms with van der Waals surface area (Å²) in [6.07, 6.45) is -5.96. The number of rotatable bonds is 5. The molecule has 7 nitrogen and oxygen atoms in total. The van der Waals surface area contributed by atoms with Gasteiger partial charge in [0.1, 0.15) is 18.2 Å². The highest BCUT2D eigenvalue weighted by atomic mass is 19.4. The average Bonchev–Trinajstić information content (AvgIpc) is 2.76. The molecule has 1 aliphatic rings. The van der Waals surface area contributed by atoms with E-state index in [1.165, 1.54) is 29.2 Å². The van der Waals surface area contributed by atoms with Crippen LogP contribution in [0.2, 0.25) is 0 Å². The number of hydrogen-bond acceptors (Lipinski definition) is 5. The number of hydrogen-bond donors (Lipinski definition) is 2. The van der Waals surface area contributed by atoms with Gasteiger partial charge in [-0.2, -0.15) is 13.2 Å². The van der Waals surface area contributed by atoms with Crippen molar-refractivity contribution >= 4 is 12.0 Å². The second-order valence-corrected chi connectivity index (χ2v) is 7.05. The Hall–Kier alpha value is -3.34. The number of phenols is 1. The second kappa shape index (κ2) is 9.86. The second-order valence-electron chi connectivity index (χ2n) is 7.05. The van der Waals surface area contributed by atoms with Crippen LogP contribution in [0.1, 0.15) is 21.5 Å².